The maximum absolute atomic E-state index is 10.1. The van der Waals surface area contributed by atoms with Gasteiger partial charge in [0.05, 0.1) is 13.2 Å². The van der Waals surface area contributed by atoms with E-state index < -0.39 is 11.3 Å². The van der Waals surface area contributed by atoms with Gasteiger partial charge in [-0.15, -0.1) is 9.81 Å². The Morgan fingerprint density at radius 1 is 1.00 bits per heavy atom. The maximum atomic E-state index is 10.1. The van der Waals surface area contributed by atoms with Gasteiger partial charge in [-0.1, -0.05) is 0 Å². The van der Waals surface area contributed by atoms with E-state index in [2.05, 4.69) is 10.4 Å². The molecule has 4 N–H and O–H groups in total. The van der Waals surface area contributed by atoms with Crippen molar-refractivity contribution in [2.45, 2.75) is 25.2 Å². The van der Waals surface area contributed by atoms with Crippen LogP contribution in [0.2, 0.25) is 0 Å². The van der Waals surface area contributed by atoms with Crippen LogP contribution in [-0.2, 0) is 9.47 Å². The summed E-state index contributed by atoms with van der Waals surface area (Å²) in [5.74, 6) is 0. The van der Waals surface area contributed by atoms with E-state index in [1.165, 1.54) is 13.8 Å². The van der Waals surface area contributed by atoms with E-state index in [0.717, 1.165) is 0 Å². The lowest BCUT2D eigenvalue weighted by atomic mass is 10.3. The molecule has 15 heavy (non-hydrogen) atoms. The minimum Gasteiger partial charge on any atom is -0.351 e. The molecule has 0 saturated carbocycles. The Hall–Kier alpha value is -0.960. The van der Waals surface area contributed by atoms with E-state index in [4.69, 9.17) is 20.9 Å². The first-order valence-electron chi connectivity index (χ1n) is 4.25. The number of hydrogen-bond donors (Lipinski definition) is 2. The van der Waals surface area contributed by atoms with E-state index in [9.17, 15) is 9.81 Å². The SMILES string of the molecule is C[C@](N)(COCOC[C@@](C)(N)N=O)N=O. The van der Waals surface area contributed by atoms with Crippen molar-refractivity contribution in [2.75, 3.05) is 20.0 Å². The molecule has 0 fully saturated rings. The van der Waals surface area contributed by atoms with Gasteiger partial charge in [-0.25, -0.2) is 0 Å². The van der Waals surface area contributed by atoms with Crippen LogP contribution in [0.25, 0.3) is 0 Å². The van der Waals surface area contributed by atoms with Crippen molar-refractivity contribution in [1.29, 1.82) is 0 Å². The molecule has 0 aromatic heterocycles. The lowest BCUT2D eigenvalue weighted by Gasteiger charge is -2.17. The summed E-state index contributed by atoms with van der Waals surface area (Å²) in [7, 11) is 0. The summed E-state index contributed by atoms with van der Waals surface area (Å²) in [4.78, 5) is 20.2. The van der Waals surface area contributed by atoms with Gasteiger partial charge in [0.15, 0.2) is 11.3 Å². The Morgan fingerprint density at radius 3 is 1.60 bits per heavy atom. The summed E-state index contributed by atoms with van der Waals surface area (Å²) in [5, 5.41) is 5.27. The smallest absolute Gasteiger partial charge is 0.171 e. The van der Waals surface area contributed by atoms with Gasteiger partial charge in [0.25, 0.3) is 0 Å². The van der Waals surface area contributed by atoms with Gasteiger partial charge in [-0.3, -0.25) is 0 Å². The second-order valence-corrected chi connectivity index (χ2v) is 3.71. The van der Waals surface area contributed by atoms with Crippen LogP contribution in [0.15, 0.2) is 10.4 Å². The van der Waals surface area contributed by atoms with Crippen LogP contribution in [0.5, 0.6) is 0 Å². The van der Waals surface area contributed by atoms with Crippen molar-refractivity contribution >= 4 is 0 Å². The molecule has 0 aliphatic carbocycles. The average Bonchev–Trinajstić information content (AvgIpc) is 2.17. The highest BCUT2D eigenvalue weighted by molar-refractivity contribution is 4.74. The first-order chi connectivity index (χ1) is 6.83. The highest BCUT2D eigenvalue weighted by Crippen LogP contribution is 2.03. The molecule has 88 valence electrons. The Bertz CT molecular complexity index is 197. The molecule has 0 amide bonds. The lowest BCUT2D eigenvalue weighted by molar-refractivity contribution is -0.0767. The highest BCUT2D eigenvalue weighted by Gasteiger charge is 2.21. The number of nitrogens with zero attached hydrogens (tertiary/aromatic N) is 2. The lowest BCUT2D eigenvalue weighted by Crippen LogP contribution is -2.40. The topological polar surface area (TPSA) is 129 Å². The molecule has 0 aliphatic heterocycles. The largest absolute Gasteiger partial charge is 0.351 e. The maximum Gasteiger partial charge on any atom is 0.171 e. The van der Waals surface area contributed by atoms with Crippen molar-refractivity contribution < 1.29 is 9.47 Å². The van der Waals surface area contributed by atoms with Gasteiger partial charge < -0.3 is 20.9 Å². The predicted molar refractivity (Wildman–Crippen MR) is 53.5 cm³/mol. The van der Waals surface area contributed by atoms with Gasteiger partial charge in [0.1, 0.15) is 6.79 Å². The monoisotopic (exact) mass is 220 g/mol. The third kappa shape index (κ3) is 7.03. The van der Waals surface area contributed by atoms with Crippen LogP contribution in [-0.4, -0.2) is 31.3 Å². The summed E-state index contributed by atoms with van der Waals surface area (Å²) in [6, 6.07) is 0. The summed E-state index contributed by atoms with van der Waals surface area (Å²) in [5.41, 5.74) is 8.16. The van der Waals surface area contributed by atoms with Crippen LogP contribution in [0.3, 0.4) is 0 Å². The molecule has 8 nitrogen and oxygen atoms in total. The van der Waals surface area contributed by atoms with E-state index in [1.54, 1.807) is 0 Å². The molecule has 0 heterocycles. The fourth-order valence-corrected chi connectivity index (χ4v) is 0.608. The van der Waals surface area contributed by atoms with Crippen LogP contribution in [0, 0.1) is 9.81 Å². The highest BCUT2D eigenvalue weighted by atomic mass is 16.7. The zero-order valence-electron chi connectivity index (χ0n) is 8.80. The number of nitroso groups, excluding NO2 is 2. The molecule has 8 heteroatoms. The first kappa shape index (κ1) is 14.0. The summed E-state index contributed by atoms with van der Waals surface area (Å²) in [6.45, 7) is 2.54. The normalized spacial score (nSPS) is 18.9. The number of nitrogens with two attached hydrogens (primary N) is 2. The molecule has 0 bridgehead atoms. The zero-order valence-corrected chi connectivity index (χ0v) is 8.80. The molecular formula is C7H16N4O4. The molecule has 0 rings (SSSR count). The van der Waals surface area contributed by atoms with Crippen LogP contribution < -0.4 is 11.5 Å². The van der Waals surface area contributed by atoms with Crippen molar-refractivity contribution in [2.24, 2.45) is 21.8 Å². The van der Waals surface area contributed by atoms with Crippen molar-refractivity contribution in [3.8, 4) is 0 Å². The Kier molecular flexibility index (Phi) is 5.44. The molecule has 0 aromatic rings. The fraction of sp³-hybridized carbons (Fsp3) is 1.00. The van der Waals surface area contributed by atoms with E-state index in [-0.39, 0.29) is 20.0 Å². The molecule has 0 saturated heterocycles. The first-order valence-corrected chi connectivity index (χ1v) is 4.25. The molecule has 0 spiro atoms. The molecule has 0 aromatic carbocycles. The minimum absolute atomic E-state index is 0.0771. The molecular weight excluding hydrogens is 204 g/mol. The molecule has 0 unspecified atom stereocenters. The number of hydrogen-bond acceptors (Lipinski definition) is 8. The zero-order chi connectivity index (χ0) is 11.9. The van der Waals surface area contributed by atoms with Crippen molar-refractivity contribution in [3.63, 3.8) is 0 Å². The van der Waals surface area contributed by atoms with Gasteiger partial charge in [0, 0.05) is 0 Å². The van der Waals surface area contributed by atoms with Crippen LogP contribution in [0.1, 0.15) is 13.8 Å². The Labute approximate surface area is 87.2 Å². The van der Waals surface area contributed by atoms with Gasteiger partial charge in [0.2, 0.25) is 0 Å². The Morgan fingerprint density at radius 2 is 1.33 bits per heavy atom. The summed E-state index contributed by atoms with van der Waals surface area (Å²) < 4.78 is 9.78. The standard InChI is InChI=1S/C7H16N4O4/c1-6(8,10-12)3-14-5-15-4-7(2,9)11-13/h3-5,8-9H2,1-2H3/t6-,7+. The molecule has 2 atom stereocenters. The Balaban J connectivity index is 3.56. The van der Waals surface area contributed by atoms with Gasteiger partial charge in [-0.05, 0) is 24.2 Å². The third-order valence-electron chi connectivity index (χ3n) is 1.37. The van der Waals surface area contributed by atoms with E-state index >= 15 is 0 Å². The van der Waals surface area contributed by atoms with Gasteiger partial charge in [-0.2, -0.15) is 0 Å². The quantitative estimate of drug-likeness (QED) is 0.332. The van der Waals surface area contributed by atoms with Crippen LogP contribution in [0.4, 0.5) is 0 Å². The average molecular weight is 220 g/mol. The number of rotatable bonds is 8. The molecule has 0 radical (unpaired) electrons. The van der Waals surface area contributed by atoms with Gasteiger partial charge >= 0.3 is 0 Å². The third-order valence-corrected chi connectivity index (χ3v) is 1.37. The second kappa shape index (κ2) is 5.81. The summed E-state index contributed by atoms with van der Waals surface area (Å²) >= 11 is 0. The molecule has 0 aliphatic rings. The van der Waals surface area contributed by atoms with Crippen molar-refractivity contribution in [1.82, 2.24) is 0 Å². The van der Waals surface area contributed by atoms with E-state index in [0.29, 0.717) is 0 Å². The number of ether oxygens (including phenoxy) is 2. The van der Waals surface area contributed by atoms with E-state index in [1.807, 2.05) is 0 Å². The van der Waals surface area contributed by atoms with Crippen LogP contribution >= 0.6 is 0 Å². The minimum atomic E-state index is -1.28. The van der Waals surface area contributed by atoms with Crippen molar-refractivity contribution in [3.05, 3.63) is 9.81 Å². The fourth-order valence-electron chi connectivity index (χ4n) is 0.608. The second-order valence-electron chi connectivity index (χ2n) is 3.71. The summed E-state index contributed by atoms with van der Waals surface area (Å²) in [6.07, 6.45) is 0. The predicted octanol–water partition coefficient (Wildman–Crippen LogP) is -0.140.